The molecule has 3 rings (SSSR count). The van der Waals surface area contributed by atoms with Crippen LogP contribution in [0.2, 0.25) is 0 Å². The molecule has 4 N–H and O–H groups in total. The van der Waals surface area contributed by atoms with Gasteiger partial charge in [0.05, 0.1) is 5.69 Å². The van der Waals surface area contributed by atoms with Gasteiger partial charge in [0.25, 0.3) is 5.91 Å². The normalized spacial score (nSPS) is 29.4. The molecule has 5 nitrogen and oxygen atoms in total. The standard InChI is InChI=1S/C14H19N3O2/c1-8-14(18)17-12-7-11(4-5-13(12)19-8)16-10-3-2-9(15)6-10/h4-5,7-10,16H,2-3,6,15H2,1H3,(H,17,18). The van der Waals surface area contributed by atoms with E-state index in [0.29, 0.717) is 12.1 Å². The Morgan fingerprint density at radius 2 is 2.26 bits per heavy atom. The SMILES string of the molecule is CC1Oc2ccc(NC3CCC(N)C3)cc2NC1=O. The molecule has 19 heavy (non-hydrogen) atoms. The van der Waals surface area contributed by atoms with E-state index in [4.69, 9.17) is 10.5 Å². The van der Waals surface area contributed by atoms with E-state index >= 15 is 0 Å². The van der Waals surface area contributed by atoms with Gasteiger partial charge in [0.1, 0.15) is 5.75 Å². The van der Waals surface area contributed by atoms with Crippen molar-refractivity contribution in [2.45, 2.75) is 44.4 Å². The highest BCUT2D eigenvalue weighted by Crippen LogP contribution is 2.33. The lowest BCUT2D eigenvalue weighted by molar-refractivity contribution is -0.122. The van der Waals surface area contributed by atoms with Gasteiger partial charge >= 0.3 is 0 Å². The molecule has 0 radical (unpaired) electrons. The molecule has 1 amide bonds. The number of ether oxygens (including phenoxy) is 1. The fourth-order valence-electron chi connectivity index (χ4n) is 2.68. The molecule has 0 bridgehead atoms. The average molecular weight is 261 g/mol. The molecule has 102 valence electrons. The highest BCUT2D eigenvalue weighted by atomic mass is 16.5. The highest BCUT2D eigenvalue weighted by Gasteiger charge is 2.25. The van der Waals surface area contributed by atoms with E-state index in [-0.39, 0.29) is 5.91 Å². The van der Waals surface area contributed by atoms with Crippen molar-refractivity contribution in [1.82, 2.24) is 0 Å². The van der Waals surface area contributed by atoms with E-state index < -0.39 is 6.10 Å². The minimum Gasteiger partial charge on any atom is -0.479 e. The number of anilines is 2. The van der Waals surface area contributed by atoms with Gasteiger partial charge in [-0.25, -0.2) is 0 Å². The van der Waals surface area contributed by atoms with Gasteiger partial charge in [0.2, 0.25) is 0 Å². The Bertz CT molecular complexity index is 503. The third-order valence-corrected chi connectivity index (χ3v) is 3.75. The summed E-state index contributed by atoms with van der Waals surface area (Å²) in [7, 11) is 0. The van der Waals surface area contributed by atoms with Crippen molar-refractivity contribution in [2.75, 3.05) is 10.6 Å². The second-order valence-corrected chi connectivity index (χ2v) is 5.37. The number of hydrogen-bond acceptors (Lipinski definition) is 4. The molecule has 1 heterocycles. The number of carbonyl (C=O) groups is 1. The zero-order valence-corrected chi connectivity index (χ0v) is 11.0. The predicted molar refractivity (Wildman–Crippen MR) is 74.4 cm³/mol. The van der Waals surface area contributed by atoms with Crippen LogP contribution < -0.4 is 21.1 Å². The molecular formula is C14H19N3O2. The molecule has 1 aromatic carbocycles. The van der Waals surface area contributed by atoms with Gasteiger partial charge in [0, 0.05) is 17.8 Å². The molecule has 1 fully saturated rings. The van der Waals surface area contributed by atoms with Crippen LogP contribution in [0.3, 0.4) is 0 Å². The molecule has 0 spiro atoms. The van der Waals surface area contributed by atoms with Crippen LogP contribution in [0, 0.1) is 0 Å². The number of benzene rings is 1. The van der Waals surface area contributed by atoms with Gasteiger partial charge in [0.15, 0.2) is 6.10 Å². The first-order chi connectivity index (χ1) is 9.11. The lowest BCUT2D eigenvalue weighted by Gasteiger charge is -2.24. The molecule has 1 saturated carbocycles. The number of amides is 1. The second-order valence-electron chi connectivity index (χ2n) is 5.37. The quantitative estimate of drug-likeness (QED) is 0.757. The van der Waals surface area contributed by atoms with Crippen LogP contribution in [0.4, 0.5) is 11.4 Å². The van der Waals surface area contributed by atoms with Crippen molar-refractivity contribution >= 4 is 17.3 Å². The highest BCUT2D eigenvalue weighted by molar-refractivity contribution is 5.98. The van der Waals surface area contributed by atoms with Crippen LogP contribution in [-0.4, -0.2) is 24.1 Å². The number of hydrogen-bond donors (Lipinski definition) is 3. The maximum Gasteiger partial charge on any atom is 0.265 e. The Labute approximate surface area is 112 Å². The van der Waals surface area contributed by atoms with E-state index in [1.54, 1.807) is 6.92 Å². The van der Waals surface area contributed by atoms with Crippen LogP contribution in [-0.2, 0) is 4.79 Å². The van der Waals surface area contributed by atoms with Gasteiger partial charge in [-0.1, -0.05) is 0 Å². The Balaban J connectivity index is 1.74. The first-order valence-electron chi connectivity index (χ1n) is 6.75. The van der Waals surface area contributed by atoms with Crippen molar-refractivity contribution in [1.29, 1.82) is 0 Å². The number of nitrogens with two attached hydrogens (primary N) is 1. The molecule has 5 heteroatoms. The summed E-state index contributed by atoms with van der Waals surface area (Å²) in [6, 6.07) is 6.52. The smallest absolute Gasteiger partial charge is 0.265 e. The summed E-state index contributed by atoms with van der Waals surface area (Å²) in [5.41, 5.74) is 7.63. The van der Waals surface area contributed by atoms with Crippen LogP contribution in [0.25, 0.3) is 0 Å². The minimum absolute atomic E-state index is 0.104. The first-order valence-corrected chi connectivity index (χ1v) is 6.75. The van der Waals surface area contributed by atoms with E-state index in [9.17, 15) is 4.79 Å². The third kappa shape index (κ3) is 2.51. The van der Waals surface area contributed by atoms with Crippen LogP contribution in [0.15, 0.2) is 18.2 Å². The fourth-order valence-corrected chi connectivity index (χ4v) is 2.68. The van der Waals surface area contributed by atoms with Gasteiger partial charge < -0.3 is 21.1 Å². The largest absolute Gasteiger partial charge is 0.479 e. The monoisotopic (exact) mass is 261 g/mol. The number of rotatable bonds is 2. The van der Waals surface area contributed by atoms with Crippen LogP contribution in [0.1, 0.15) is 26.2 Å². The van der Waals surface area contributed by atoms with Crippen LogP contribution in [0.5, 0.6) is 5.75 Å². The number of fused-ring (bicyclic) bond motifs is 1. The Morgan fingerprint density at radius 3 is 3.00 bits per heavy atom. The van der Waals surface area contributed by atoms with Crippen molar-refractivity contribution < 1.29 is 9.53 Å². The Morgan fingerprint density at radius 1 is 1.42 bits per heavy atom. The maximum atomic E-state index is 11.6. The lowest BCUT2D eigenvalue weighted by atomic mass is 10.2. The summed E-state index contributed by atoms with van der Waals surface area (Å²) >= 11 is 0. The topological polar surface area (TPSA) is 76.4 Å². The van der Waals surface area contributed by atoms with Crippen molar-refractivity contribution in [3.63, 3.8) is 0 Å². The molecule has 0 aromatic heterocycles. The minimum atomic E-state index is -0.431. The van der Waals surface area contributed by atoms with E-state index in [0.717, 1.165) is 36.4 Å². The zero-order valence-electron chi connectivity index (χ0n) is 11.0. The maximum absolute atomic E-state index is 11.6. The van der Waals surface area contributed by atoms with Gasteiger partial charge in [-0.15, -0.1) is 0 Å². The Hall–Kier alpha value is -1.75. The zero-order chi connectivity index (χ0) is 13.4. The molecule has 3 atom stereocenters. The van der Waals surface area contributed by atoms with Crippen molar-refractivity contribution in [3.05, 3.63) is 18.2 Å². The van der Waals surface area contributed by atoms with Gasteiger partial charge in [-0.05, 0) is 44.4 Å². The molecule has 2 aliphatic rings. The summed E-state index contributed by atoms with van der Waals surface area (Å²) < 4.78 is 5.53. The summed E-state index contributed by atoms with van der Waals surface area (Å²) in [5.74, 6) is 0.619. The number of nitrogens with one attached hydrogen (secondary N) is 2. The molecule has 1 aliphatic carbocycles. The van der Waals surface area contributed by atoms with E-state index in [1.807, 2.05) is 18.2 Å². The fraction of sp³-hybridized carbons (Fsp3) is 0.500. The summed E-state index contributed by atoms with van der Waals surface area (Å²) in [6.07, 6.45) is 2.73. The first kappa shape index (κ1) is 12.3. The van der Waals surface area contributed by atoms with Gasteiger partial charge in [-0.3, -0.25) is 4.79 Å². The van der Waals surface area contributed by atoms with Crippen molar-refractivity contribution in [2.24, 2.45) is 5.73 Å². The predicted octanol–water partition coefficient (Wildman–Crippen LogP) is 1.70. The van der Waals surface area contributed by atoms with Crippen LogP contribution >= 0.6 is 0 Å². The number of carbonyl (C=O) groups excluding carboxylic acids is 1. The van der Waals surface area contributed by atoms with E-state index in [1.165, 1.54) is 0 Å². The molecule has 1 aromatic rings. The summed E-state index contributed by atoms with van der Waals surface area (Å²) in [4.78, 5) is 11.6. The summed E-state index contributed by atoms with van der Waals surface area (Å²) in [6.45, 7) is 1.74. The lowest BCUT2D eigenvalue weighted by Crippen LogP contribution is -2.34. The average Bonchev–Trinajstić information content (AvgIpc) is 2.77. The summed E-state index contributed by atoms with van der Waals surface area (Å²) in [5, 5.41) is 6.32. The van der Waals surface area contributed by atoms with Gasteiger partial charge in [-0.2, -0.15) is 0 Å². The van der Waals surface area contributed by atoms with Crippen molar-refractivity contribution in [3.8, 4) is 5.75 Å². The second kappa shape index (κ2) is 4.74. The van der Waals surface area contributed by atoms with E-state index in [2.05, 4.69) is 10.6 Å². The molecule has 3 unspecified atom stereocenters. The molecular weight excluding hydrogens is 242 g/mol. The molecule has 0 saturated heterocycles. The third-order valence-electron chi connectivity index (χ3n) is 3.75. The molecule has 1 aliphatic heterocycles. The Kier molecular flexibility index (Phi) is 3.06.